The van der Waals surface area contributed by atoms with Gasteiger partial charge in [-0.3, -0.25) is 9.78 Å². The minimum Gasteiger partial charge on any atom is -0.349 e. The van der Waals surface area contributed by atoms with Crippen molar-refractivity contribution >= 4 is 5.91 Å². The summed E-state index contributed by atoms with van der Waals surface area (Å²) in [6.07, 6.45) is 4.68. The normalized spacial score (nSPS) is 14.8. The number of nitrogens with zero attached hydrogens (tertiary/aromatic N) is 1. The predicted molar refractivity (Wildman–Crippen MR) is 77.5 cm³/mol. The molecule has 19 heavy (non-hydrogen) atoms. The van der Waals surface area contributed by atoms with E-state index in [-0.39, 0.29) is 23.4 Å². The van der Waals surface area contributed by atoms with Crippen LogP contribution in [-0.4, -0.2) is 16.9 Å². The molecular weight excluding hydrogens is 238 g/mol. The second kappa shape index (κ2) is 6.66. The van der Waals surface area contributed by atoms with Gasteiger partial charge in [-0.2, -0.15) is 0 Å². The van der Waals surface area contributed by atoms with Gasteiger partial charge in [0, 0.05) is 24.9 Å². The maximum Gasteiger partial charge on any atom is 0.222 e. The number of aromatic nitrogens is 1. The Balaban J connectivity index is 2.43. The first-order valence-corrected chi connectivity index (χ1v) is 6.73. The summed E-state index contributed by atoms with van der Waals surface area (Å²) in [6, 6.07) is 3.68. The van der Waals surface area contributed by atoms with Gasteiger partial charge in [-0.15, -0.1) is 0 Å². The Hall–Kier alpha value is -1.42. The van der Waals surface area contributed by atoms with E-state index >= 15 is 0 Å². The fraction of sp³-hybridized carbons (Fsp3) is 0.600. The third kappa shape index (κ3) is 6.34. The molecule has 0 aliphatic rings. The number of nitrogens with two attached hydrogens (primary N) is 1. The number of pyridine rings is 1. The average Bonchev–Trinajstić information content (AvgIpc) is 2.27. The summed E-state index contributed by atoms with van der Waals surface area (Å²) in [4.78, 5) is 16.0. The van der Waals surface area contributed by atoms with Gasteiger partial charge < -0.3 is 11.1 Å². The van der Waals surface area contributed by atoms with Crippen LogP contribution in [0.5, 0.6) is 0 Å². The van der Waals surface area contributed by atoms with Crippen LogP contribution in [0.15, 0.2) is 24.5 Å². The molecule has 4 nitrogen and oxygen atoms in total. The van der Waals surface area contributed by atoms with E-state index in [1.54, 1.807) is 12.4 Å². The molecule has 0 saturated heterocycles. The molecule has 0 saturated carbocycles. The molecule has 2 atom stereocenters. The van der Waals surface area contributed by atoms with Crippen molar-refractivity contribution < 1.29 is 4.79 Å². The Kier molecular flexibility index (Phi) is 5.48. The van der Waals surface area contributed by atoms with Crippen LogP contribution in [0.1, 0.15) is 52.1 Å². The van der Waals surface area contributed by atoms with Crippen molar-refractivity contribution in [2.24, 2.45) is 11.1 Å². The first kappa shape index (κ1) is 15.6. The topological polar surface area (TPSA) is 68.0 Å². The molecule has 106 valence electrons. The largest absolute Gasteiger partial charge is 0.349 e. The first-order valence-electron chi connectivity index (χ1n) is 6.73. The molecule has 0 aliphatic carbocycles. The molecule has 0 radical (unpaired) electrons. The Morgan fingerprint density at radius 2 is 2.16 bits per heavy atom. The molecule has 3 N–H and O–H groups in total. The van der Waals surface area contributed by atoms with E-state index in [0.717, 1.165) is 12.0 Å². The zero-order valence-corrected chi connectivity index (χ0v) is 12.3. The van der Waals surface area contributed by atoms with Gasteiger partial charge in [-0.1, -0.05) is 26.8 Å². The van der Waals surface area contributed by atoms with Crippen molar-refractivity contribution in [1.29, 1.82) is 0 Å². The number of hydrogen-bond donors (Lipinski definition) is 2. The van der Waals surface area contributed by atoms with Crippen molar-refractivity contribution in [2.45, 2.75) is 52.6 Å². The van der Waals surface area contributed by atoms with E-state index in [0.29, 0.717) is 6.42 Å². The predicted octanol–water partition coefficient (Wildman–Crippen LogP) is 2.41. The highest BCUT2D eigenvalue weighted by atomic mass is 16.1. The minimum absolute atomic E-state index is 0.00639. The standard InChI is InChI=1S/C15H25N3O/c1-11(12-6-5-7-17-10-12)18-14(19)8-13(16)9-15(2,3)4/h5-7,10-11,13H,8-9,16H2,1-4H3,(H,18,19)/t11-,13?/m0/s1. The molecule has 4 heteroatoms. The van der Waals surface area contributed by atoms with Crippen LogP contribution < -0.4 is 11.1 Å². The fourth-order valence-electron chi connectivity index (χ4n) is 2.11. The third-order valence-corrected chi connectivity index (χ3v) is 2.88. The highest BCUT2D eigenvalue weighted by Crippen LogP contribution is 2.21. The molecule has 1 rings (SSSR count). The second-order valence-electron chi connectivity index (χ2n) is 6.30. The number of rotatable bonds is 5. The van der Waals surface area contributed by atoms with Gasteiger partial charge in [0.1, 0.15) is 0 Å². The van der Waals surface area contributed by atoms with Gasteiger partial charge in [0.15, 0.2) is 0 Å². The minimum atomic E-state index is -0.0962. The average molecular weight is 263 g/mol. The van der Waals surface area contributed by atoms with E-state index in [4.69, 9.17) is 5.73 Å². The van der Waals surface area contributed by atoms with Crippen molar-refractivity contribution in [1.82, 2.24) is 10.3 Å². The zero-order chi connectivity index (χ0) is 14.5. The Morgan fingerprint density at radius 3 is 2.68 bits per heavy atom. The summed E-state index contributed by atoms with van der Waals surface area (Å²) in [6.45, 7) is 8.33. The smallest absolute Gasteiger partial charge is 0.222 e. The van der Waals surface area contributed by atoms with Crippen molar-refractivity contribution in [2.75, 3.05) is 0 Å². The molecule has 1 heterocycles. The number of carbonyl (C=O) groups is 1. The summed E-state index contributed by atoms with van der Waals surface area (Å²) in [5.74, 6) is -0.00639. The van der Waals surface area contributed by atoms with Gasteiger partial charge in [-0.25, -0.2) is 0 Å². The quantitative estimate of drug-likeness (QED) is 0.857. The Labute approximate surface area is 115 Å². The molecule has 0 aromatic carbocycles. The van der Waals surface area contributed by atoms with Gasteiger partial charge in [0.2, 0.25) is 5.91 Å². The van der Waals surface area contributed by atoms with E-state index < -0.39 is 0 Å². The summed E-state index contributed by atoms with van der Waals surface area (Å²) in [5, 5.41) is 2.95. The van der Waals surface area contributed by atoms with Crippen LogP contribution in [0.4, 0.5) is 0 Å². The highest BCUT2D eigenvalue weighted by molar-refractivity contribution is 5.77. The van der Waals surface area contributed by atoms with Crippen molar-refractivity contribution in [3.8, 4) is 0 Å². The van der Waals surface area contributed by atoms with Crippen molar-refractivity contribution in [3.05, 3.63) is 30.1 Å². The maximum atomic E-state index is 11.9. The van der Waals surface area contributed by atoms with Crippen LogP contribution in [0.2, 0.25) is 0 Å². The summed E-state index contributed by atoms with van der Waals surface area (Å²) in [7, 11) is 0. The summed E-state index contributed by atoms with van der Waals surface area (Å²) >= 11 is 0. The van der Waals surface area contributed by atoms with Crippen LogP contribution in [-0.2, 0) is 4.79 Å². The van der Waals surface area contributed by atoms with Gasteiger partial charge >= 0.3 is 0 Å². The monoisotopic (exact) mass is 263 g/mol. The molecule has 0 fully saturated rings. The lowest BCUT2D eigenvalue weighted by Gasteiger charge is -2.23. The molecule has 0 aliphatic heterocycles. The van der Waals surface area contributed by atoms with E-state index in [9.17, 15) is 4.79 Å². The molecule has 1 aromatic rings. The van der Waals surface area contributed by atoms with Gasteiger partial charge in [-0.05, 0) is 30.4 Å². The van der Waals surface area contributed by atoms with Gasteiger partial charge in [0.25, 0.3) is 0 Å². The summed E-state index contributed by atoms with van der Waals surface area (Å²) < 4.78 is 0. The second-order valence-corrected chi connectivity index (χ2v) is 6.30. The van der Waals surface area contributed by atoms with Crippen molar-refractivity contribution in [3.63, 3.8) is 0 Å². The Bertz CT molecular complexity index is 398. The van der Waals surface area contributed by atoms with Crippen LogP contribution >= 0.6 is 0 Å². The summed E-state index contributed by atoms with van der Waals surface area (Å²) in [5.41, 5.74) is 7.15. The van der Waals surface area contributed by atoms with Gasteiger partial charge in [0.05, 0.1) is 6.04 Å². The number of hydrogen-bond acceptors (Lipinski definition) is 3. The lowest BCUT2D eigenvalue weighted by molar-refractivity contribution is -0.122. The molecule has 1 unspecified atom stereocenters. The molecule has 1 amide bonds. The fourth-order valence-corrected chi connectivity index (χ4v) is 2.11. The van der Waals surface area contributed by atoms with E-state index in [1.165, 1.54) is 0 Å². The lowest BCUT2D eigenvalue weighted by Crippen LogP contribution is -2.35. The van der Waals surface area contributed by atoms with Crippen LogP contribution in [0.25, 0.3) is 0 Å². The van der Waals surface area contributed by atoms with Crippen LogP contribution in [0, 0.1) is 5.41 Å². The van der Waals surface area contributed by atoms with E-state index in [2.05, 4.69) is 31.1 Å². The SMILES string of the molecule is C[C@H](NC(=O)CC(N)CC(C)(C)C)c1cccnc1. The highest BCUT2D eigenvalue weighted by Gasteiger charge is 2.19. The maximum absolute atomic E-state index is 11.9. The lowest BCUT2D eigenvalue weighted by atomic mass is 9.87. The van der Waals surface area contributed by atoms with E-state index in [1.807, 2.05) is 19.1 Å². The number of amides is 1. The molecule has 0 bridgehead atoms. The molecule has 1 aromatic heterocycles. The number of nitrogens with one attached hydrogen (secondary N) is 1. The first-order chi connectivity index (χ1) is 8.78. The third-order valence-electron chi connectivity index (χ3n) is 2.88. The molecule has 0 spiro atoms. The Morgan fingerprint density at radius 1 is 1.47 bits per heavy atom. The molecular formula is C15H25N3O. The van der Waals surface area contributed by atoms with Crippen LogP contribution in [0.3, 0.4) is 0 Å². The zero-order valence-electron chi connectivity index (χ0n) is 12.3. The number of carbonyl (C=O) groups excluding carboxylic acids is 1.